The summed E-state index contributed by atoms with van der Waals surface area (Å²) in [7, 11) is 0. The van der Waals surface area contributed by atoms with E-state index in [-0.39, 0.29) is 11.8 Å². The summed E-state index contributed by atoms with van der Waals surface area (Å²) in [5, 5.41) is 16.3. The van der Waals surface area contributed by atoms with E-state index in [1.165, 1.54) is 0 Å². The Morgan fingerprint density at radius 2 is 2.21 bits per heavy atom. The number of anilines is 2. The molecule has 1 N–H and O–H groups in total. The second kappa shape index (κ2) is 8.96. The summed E-state index contributed by atoms with van der Waals surface area (Å²) >= 11 is 3.13. The molecule has 1 saturated heterocycles. The minimum absolute atomic E-state index is 0.148. The molecule has 1 aliphatic rings. The smallest absolute Gasteiger partial charge is 0.228 e. The summed E-state index contributed by atoms with van der Waals surface area (Å²) < 4.78 is 0. The van der Waals surface area contributed by atoms with Gasteiger partial charge in [-0.15, -0.1) is 21.5 Å². The van der Waals surface area contributed by atoms with Gasteiger partial charge in [-0.2, -0.15) is 0 Å². The van der Waals surface area contributed by atoms with Gasteiger partial charge in [-0.05, 0) is 38.3 Å². The largest absolute Gasteiger partial charge is 0.342 e. The second-order valence-electron chi connectivity index (χ2n) is 7.14. The number of amides is 1. The van der Waals surface area contributed by atoms with Crippen molar-refractivity contribution in [3.8, 4) is 0 Å². The van der Waals surface area contributed by atoms with Crippen molar-refractivity contribution < 1.29 is 4.79 Å². The third-order valence-corrected chi connectivity index (χ3v) is 6.77. The maximum Gasteiger partial charge on any atom is 0.228 e. The molecule has 4 heterocycles. The zero-order valence-corrected chi connectivity index (χ0v) is 18.2. The highest BCUT2D eigenvalue weighted by atomic mass is 32.1. The lowest BCUT2D eigenvalue weighted by atomic mass is 9.94. The molecule has 0 radical (unpaired) electrons. The normalized spacial score (nSPS) is 16.8. The van der Waals surface area contributed by atoms with Crippen LogP contribution < -0.4 is 5.32 Å². The van der Waals surface area contributed by atoms with Gasteiger partial charge in [-0.1, -0.05) is 24.3 Å². The molecule has 1 amide bonds. The van der Waals surface area contributed by atoms with Crippen LogP contribution in [0.15, 0.2) is 23.6 Å². The van der Waals surface area contributed by atoms with Gasteiger partial charge >= 0.3 is 0 Å². The molecule has 3 aromatic heterocycles. The molecule has 0 bridgehead atoms. The average Bonchev–Trinajstić information content (AvgIpc) is 3.36. The molecule has 9 heteroatoms. The standard InChI is InChI=1S/C20H24N6OS2/c1-3-18-24-25-20(29-18)23-17-8-4-7-16(22-17)14-6-5-9-26(11-14)19(27)10-15-12-28-13(2)21-15/h4,7-8,12,14H,3,5-6,9-11H2,1-2H3,(H,22,23,25)/t14-/m0/s1. The van der Waals surface area contributed by atoms with Crippen LogP contribution in [0.4, 0.5) is 10.9 Å². The summed E-state index contributed by atoms with van der Waals surface area (Å²) in [5.74, 6) is 1.16. The lowest BCUT2D eigenvalue weighted by molar-refractivity contribution is -0.131. The van der Waals surface area contributed by atoms with Crippen LogP contribution in [0.3, 0.4) is 0 Å². The molecule has 29 heavy (non-hydrogen) atoms. The van der Waals surface area contributed by atoms with Gasteiger partial charge in [0.25, 0.3) is 0 Å². The first-order valence-corrected chi connectivity index (χ1v) is 11.6. The predicted molar refractivity (Wildman–Crippen MR) is 116 cm³/mol. The van der Waals surface area contributed by atoms with E-state index >= 15 is 0 Å². The molecule has 7 nitrogen and oxygen atoms in total. The maximum atomic E-state index is 12.7. The van der Waals surface area contributed by atoms with E-state index in [2.05, 4.69) is 27.4 Å². The van der Waals surface area contributed by atoms with Crippen LogP contribution in [0.2, 0.25) is 0 Å². The van der Waals surface area contributed by atoms with E-state index in [9.17, 15) is 4.79 Å². The first-order valence-electron chi connectivity index (χ1n) is 9.86. The summed E-state index contributed by atoms with van der Waals surface area (Å²) in [5.41, 5.74) is 1.88. The minimum atomic E-state index is 0.148. The highest BCUT2D eigenvalue weighted by Gasteiger charge is 2.26. The third-order valence-electron chi connectivity index (χ3n) is 4.97. The third kappa shape index (κ3) is 4.97. The van der Waals surface area contributed by atoms with Gasteiger partial charge in [0.1, 0.15) is 10.8 Å². The van der Waals surface area contributed by atoms with E-state index in [1.807, 2.05) is 35.4 Å². The quantitative estimate of drug-likeness (QED) is 0.640. The van der Waals surface area contributed by atoms with Gasteiger partial charge in [-0.25, -0.2) is 9.97 Å². The molecule has 4 rings (SSSR count). The summed E-state index contributed by atoms with van der Waals surface area (Å²) in [4.78, 5) is 23.9. The van der Waals surface area contributed by atoms with Crippen LogP contribution in [0.5, 0.6) is 0 Å². The first kappa shape index (κ1) is 19.9. The van der Waals surface area contributed by atoms with Gasteiger partial charge < -0.3 is 10.2 Å². The van der Waals surface area contributed by atoms with Crippen molar-refractivity contribution >= 4 is 39.5 Å². The summed E-state index contributed by atoms with van der Waals surface area (Å²) in [6.45, 7) is 5.54. The zero-order chi connectivity index (χ0) is 20.2. The predicted octanol–water partition coefficient (Wildman–Crippen LogP) is 3.95. The fraction of sp³-hybridized carbons (Fsp3) is 0.450. The number of nitrogens with zero attached hydrogens (tertiary/aromatic N) is 5. The van der Waals surface area contributed by atoms with E-state index in [0.717, 1.165) is 58.2 Å². The highest BCUT2D eigenvalue weighted by molar-refractivity contribution is 7.15. The molecule has 0 saturated carbocycles. The number of aromatic nitrogens is 4. The van der Waals surface area contributed by atoms with Crippen molar-refractivity contribution in [2.45, 2.75) is 45.4 Å². The molecular formula is C20H24N6OS2. The molecule has 0 aromatic carbocycles. The molecule has 1 aliphatic heterocycles. The monoisotopic (exact) mass is 428 g/mol. The van der Waals surface area contributed by atoms with Crippen LogP contribution in [0.1, 0.15) is 47.1 Å². The number of hydrogen-bond acceptors (Lipinski definition) is 8. The maximum absolute atomic E-state index is 12.7. The van der Waals surface area contributed by atoms with Gasteiger partial charge in [0, 0.05) is 30.1 Å². The van der Waals surface area contributed by atoms with Crippen molar-refractivity contribution in [3.63, 3.8) is 0 Å². The number of carbonyl (C=O) groups is 1. The second-order valence-corrected chi connectivity index (χ2v) is 9.27. The number of aryl methyl sites for hydroxylation is 2. The number of piperidine rings is 1. The van der Waals surface area contributed by atoms with E-state index in [4.69, 9.17) is 4.98 Å². The number of rotatable bonds is 6. The minimum Gasteiger partial charge on any atom is -0.342 e. The summed E-state index contributed by atoms with van der Waals surface area (Å²) in [6.07, 6.45) is 3.28. The van der Waals surface area contributed by atoms with Crippen molar-refractivity contribution in [1.29, 1.82) is 0 Å². The van der Waals surface area contributed by atoms with Gasteiger partial charge in [0.2, 0.25) is 11.0 Å². The van der Waals surface area contributed by atoms with Crippen molar-refractivity contribution in [2.75, 3.05) is 18.4 Å². The SMILES string of the molecule is CCc1nnc(Nc2cccc([C@H]3CCCN(C(=O)Cc4csc(C)n4)C3)n2)s1. The molecule has 1 fully saturated rings. The summed E-state index contributed by atoms with van der Waals surface area (Å²) in [6, 6.07) is 5.99. The van der Waals surface area contributed by atoms with E-state index < -0.39 is 0 Å². The molecule has 0 aliphatic carbocycles. The van der Waals surface area contributed by atoms with Gasteiger partial charge in [-0.3, -0.25) is 4.79 Å². The number of nitrogens with one attached hydrogen (secondary N) is 1. The number of carbonyl (C=O) groups excluding carboxylic acids is 1. The molecule has 0 spiro atoms. The Kier molecular flexibility index (Phi) is 6.15. The van der Waals surface area contributed by atoms with Crippen LogP contribution in [-0.2, 0) is 17.6 Å². The van der Waals surface area contributed by atoms with E-state index in [1.54, 1.807) is 22.7 Å². The Morgan fingerprint density at radius 1 is 1.31 bits per heavy atom. The zero-order valence-electron chi connectivity index (χ0n) is 16.6. The molecule has 152 valence electrons. The number of thiazole rings is 1. The Labute approximate surface area is 178 Å². The number of likely N-dealkylation sites (tertiary alicyclic amines) is 1. The Morgan fingerprint density at radius 3 is 2.97 bits per heavy atom. The Balaban J connectivity index is 1.41. The fourth-order valence-electron chi connectivity index (χ4n) is 3.51. The Hall–Kier alpha value is -2.39. The van der Waals surface area contributed by atoms with Crippen molar-refractivity contribution in [1.82, 2.24) is 25.1 Å². The molecule has 3 aromatic rings. The number of pyridine rings is 1. The van der Waals surface area contributed by atoms with Crippen LogP contribution in [-0.4, -0.2) is 44.1 Å². The van der Waals surface area contributed by atoms with Crippen molar-refractivity contribution in [2.24, 2.45) is 0 Å². The average molecular weight is 429 g/mol. The fourth-order valence-corrected chi connectivity index (χ4v) is 4.81. The van der Waals surface area contributed by atoms with Gasteiger partial charge in [0.05, 0.1) is 17.1 Å². The lowest BCUT2D eigenvalue weighted by Crippen LogP contribution is -2.40. The first-order chi connectivity index (χ1) is 14.1. The van der Waals surface area contributed by atoms with Crippen molar-refractivity contribution in [3.05, 3.63) is 45.0 Å². The molecule has 1 atom stereocenters. The number of hydrogen-bond donors (Lipinski definition) is 1. The topological polar surface area (TPSA) is 83.9 Å². The van der Waals surface area contributed by atoms with E-state index in [0.29, 0.717) is 13.0 Å². The lowest BCUT2D eigenvalue weighted by Gasteiger charge is -2.32. The highest BCUT2D eigenvalue weighted by Crippen LogP contribution is 2.28. The van der Waals surface area contributed by atoms with Crippen LogP contribution in [0.25, 0.3) is 0 Å². The molecule has 0 unspecified atom stereocenters. The van der Waals surface area contributed by atoms with Gasteiger partial charge in [0.15, 0.2) is 0 Å². The van der Waals surface area contributed by atoms with Crippen LogP contribution >= 0.6 is 22.7 Å². The van der Waals surface area contributed by atoms with Crippen LogP contribution in [0, 0.1) is 6.92 Å². The Bertz CT molecular complexity index is 985. The molecular weight excluding hydrogens is 404 g/mol.